The summed E-state index contributed by atoms with van der Waals surface area (Å²) in [6.07, 6.45) is 0.337. The third-order valence-electron chi connectivity index (χ3n) is 3.02. The fraction of sp³-hybridized carbons (Fsp3) is 0.294. The number of anilines is 1. The highest BCUT2D eigenvalue weighted by Crippen LogP contribution is 2.08. The summed E-state index contributed by atoms with van der Waals surface area (Å²) >= 11 is 0. The van der Waals surface area contributed by atoms with Gasteiger partial charge in [-0.15, -0.1) is 0 Å². The Bertz CT molecular complexity index is 490. The zero-order chi connectivity index (χ0) is 14.8. The van der Waals surface area contributed by atoms with E-state index in [2.05, 4.69) is 5.48 Å². The second-order valence-corrected chi connectivity index (χ2v) is 4.72. The first-order valence-corrected chi connectivity index (χ1v) is 7.07. The molecule has 112 valence electrons. The molecule has 0 amide bonds. The molecule has 2 N–H and O–H groups in total. The first-order valence-electron chi connectivity index (χ1n) is 7.07. The van der Waals surface area contributed by atoms with E-state index >= 15 is 0 Å². The summed E-state index contributed by atoms with van der Waals surface area (Å²) in [5, 5.41) is 9.30. The monoisotopic (exact) mass is 287 g/mol. The van der Waals surface area contributed by atoms with Crippen molar-refractivity contribution in [1.29, 1.82) is 0 Å². The second kappa shape index (κ2) is 9.13. The average molecular weight is 287 g/mol. The number of nitrogens with one attached hydrogen (secondary N) is 1. The van der Waals surface area contributed by atoms with Crippen molar-refractivity contribution in [1.82, 2.24) is 0 Å². The van der Waals surface area contributed by atoms with Crippen molar-refractivity contribution in [2.45, 2.75) is 19.1 Å². The van der Waals surface area contributed by atoms with E-state index in [9.17, 15) is 5.11 Å². The Labute approximate surface area is 125 Å². The summed E-state index contributed by atoms with van der Waals surface area (Å²) in [4.78, 5) is 5.45. The van der Waals surface area contributed by atoms with E-state index in [1.54, 1.807) is 0 Å². The highest BCUT2D eigenvalue weighted by molar-refractivity contribution is 5.40. The molecule has 0 aliphatic heterocycles. The van der Waals surface area contributed by atoms with Gasteiger partial charge in [0.25, 0.3) is 0 Å². The topological polar surface area (TPSA) is 50.7 Å². The minimum Gasteiger partial charge on any atom is -0.394 e. The first-order chi connectivity index (χ1) is 10.4. The number of ether oxygens (including phenoxy) is 1. The van der Waals surface area contributed by atoms with Crippen molar-refractivity contribution in [3.63, 3.8) is 0 Å². The largest absolute Gasteiger partial charge is 0.394 e. The molecule has 0 aliphatic carbocycles. The molecule has 2 rings (SSSR count). The predicted molar refractivity (Wildman–Crippen MR) is 82.7 cm³/mol. The maximum Gasteiger partial charge on any atom is 0.111 e. The predicted octanol–water partition coefficient (Wildman–Crippen LogP) is 3.00. The van der Waals surface area contributed by atoms with Gasteiger partial charge in [0.2, 0.25) is 0 Å². The number of hydrogen-bond donors (Lipinski definition) is 2. The van der Waals surface area contributed by atoms with Crippen LogP contribution in [0.4, 0.5) is 5.69 Å². The number of benzene rings is 2. The van der Waals surface area contributed by atoms with Crippen LogP contribution < -0.4 is 5.48 Å². The van der Waals surface area contributed by atoms with Crippen LogP contribution in [0.1, 0.15) is 12.0 Å². The van der Waals surface area contributed by atoms with Gasteiger partial charge in [0.15, 0.2) is 0 Å². The fourth-order valence-corrected chi connectivity index (χ4v) is 1.82. The zero-order valence-corrected chi connectivity index (χ0v) is 11.9. The van der Waals surface area contributed by atoms with Crippen molar-refractivity contribution in [2.24, 2.45) is 0 Å². The van der Waals surface area contributed by atoms with Gasteiger partial charge in [-0.1, -0.05) is 48.5 Å². The zero-order valence-electron chi connectivity index (χ0n) is 11.9. The van der Waals surface area contributed by atoms with Gasteiger partial charge in [-0.05, 0) is 17.7 Å². The SMILES string of the molecule is OC[C@H](CCOCc1ccccc1)ONc1ccccc1. The van der Waals surface area contributed by atoms with Crippen molar-refractivity contribution >= 4 is 5.69 Å². The van der Waals surface area contributed by atoms with Gasteiger partial charge in [-0.3, -0.25) is 10.3 Å². The lowest BCUT2D eigenvalue weighted by Crippen LogP contribution is -2.23. The lowest BCUT2D eigenvalue weighted by atomic mass is 10.2. The Morgan fingerprint density at radius 3 is 2.29 bits per heavy atom. The summed E-state index contributed by atoms with van der Waals surface area (Å²) < 4.78 is 5.59. The quantitative estimate of drug-likeness (QED) is 0.550. The van der Waals surface area contributed by atoms with Crippen LogP contribution in [0.3, 0.4) is 0 Å². The van der Waals surface area contributed by atoms with E-state index in [4.69, 9.17) is 9.57 Å². The third kappa shape index (κ3) is 5.95. The van der Waals surface area contributed by atoms with Gasteiger partial charge in [0.1, 0.15) is 6.10 Å². The van der Waals surface area contributed by atoms with E-state index in [0.29, 0.717) is 19.6 Å². The molecule has 2 aromatic rings. The molecule has 0 saturated heterocycles. The summed E-state index contributed by atoms with van der Waals surface area (Å²) in [5.74, 6) is 0. The van der Waals surface area contributed by atoms with Crippen LogP contribution in [0.5, 0.6) is 0 Å². The summed E-state index contributed by atoms with van der Waals surface area (Å²) in [7, 11) is 0. The molecule has 0 saturated carbocycles. The van der Waals surface area contributed by atoms with Gasteiger partial charge < -0.3 is 9.84 Å². The van der Waals surface area contributed by atoms with Gasteiger partial charge in [0, 0.05) is 13.0 Å². The molecule has 0 bridgehead atoms. The third-order valence-corrected chi connectivity index (χ3v) is 3.02. The second-order valence-electron chi connectivity index (χ2n) is 4.72. The molecular formula is C17H21NO3. The fourth-order valence-electron chi connectivity index (χ4n) is 1.82. The lowest BCUT2D eigenvalue weighted by molar-refractivity contribution is 0.0133. The Morgan fingerprint density at radius 2 is 1.62 bits per heavy atom. The van der Waals surface area contributed by atoms with Crippen LogP contribution >= 0.6 is 0 Å². The van der Waals surface area contributed by atoms with Crippen molar-refractivity contribution < 1.29 is 14.7 Å². The molecule has 0 aromatic heterocycles. The molecule has 21 heavy (non-hydrogen) atoms. The molecule has 2 aromatic carbocycles. The molecule has 0 aliphatic rings. The van der Waals surface area contributed by atoms with Crippen LogP contribution in [-0.4, -0.2) is 24.4 Å². The number of para-hydroxylation sites is 1. The average Bonchev–Trinajstić information content (AvgIpc) is 2.56. The maximum atomic E-state index is 9.30. The minimum absolute atomic E-state index is 0.0471. The molecule has 4 heteroatoms. The van der Waals surface area contributed by atoms with E-state index < -0.39 is 0 Å². The summed E-state index contributed by atoms with van der Waals surface area (Å²) in [5.41, 5.74) is 4.84. The molecule has 0 spiro atoms. The van der Waals surface area contributed by atoms with E-state index in [-0.39, 0.29) is 12.7 Å². The number of rotatable bonds is 9. The van der Waals surface area contributed by atoms with Crippen LogP contribution in [0.2, 0.25) is 0 Å². The Kier molecular flexibility index (Phi) is 6.74. The first kappa shape index (κ1) is 15.5. The van der Waals surface area contributed by atoms with E-state index in [0.717, 1.165) is 11.3 Å². The summed E-state index contributed by atoms with van der Waals surface area (Å²) in [6.45, 7) is 1.07. The van der Waals surface area contributed by atoms with Gasteiger partial charge in [-0.2, -0.15) is 0 Å². The Hall–Kier alpha value is -1.88. The molecule has 0 fully saturated rings. The van der Waals surface area contributed by atoms with Crippen LogP contribution in [0, 0.1) is 0 Å². The standard InChI is InChI=1S/C17H21NO3/c19-13-17(21-18-16-9-5-2-6-10-16)11-12-20-14-15-7-3-1-4-8-15/h1-10,17-19H,11-14H2/t17-/m0/s1. The molecular weight excluding hydrogens is 266 g/mol. The number of aliphatic hydroxyl groups excluding tert-OH is 1. The molecule has 0 unspecified atom stereocenters. The van der Waals surface area contributed by atoms with Crippen LogP contribution in [0.15, 0.2) is 60.7 Å². The van der Waals surface area contributed by atoms with Crippen LogP contribution in [0.25, 0.3) is 0 Å². The van der Waals surface area contributed by atoms with E-state index in [1.807, 2.05) is 60.7 Å². The molecule has 1 atom stereocenters. The molecule has 0 radical (unpaired) electrons. The van der Waals surface area contributed by atoms with E-state index in [1.165, 1.54) is 0 Å². The Morgan fingerprint density at radius 1 is 0.952 bits per heavy atom. The lowest BCUT2D eigenvalue weighted by Gasteiger charge is -2.16. The highest BCUT2D eigenvalue weighted by atomic mass is 16.7. The van der Waals surface area contributed by atoms with Crippen molar-refractivity contribution in [2.75, 3.05) is 18.7 Å². The molecule has 4 nitrogen and oxygen atoms in total. The number of hydrogen-bond acceptors (Lipinski definition) is 4. The summed E-state index contributed by atoms with van der Waals surface area (Å²) in [6, 6.07) is 19.6. The smallest absolute Gasteiger partial charge is 0.111 e. The van der Waals surface area contributed by atoms with Gasteiger partial charge in [-0.25, -0.2) is 0 Å². The molecule has 0 heterocycles. The Balaban J connectivity index is 1.63. The maximum absolute atomic E-state index is 9.30. The minimum atomic E-state index is -0.291. The number of aliphatic hydroxyl groups is 1. The van der Waals surface area contributed by atoms with Gasteiger partial charge in [0.05, 0.1) is 18.9 Å². The van der Waals surface area contributed by atoms with Crippen molar-refractivity contribution in [3.05, 3.63) is 66.2 Å². The normalized spacial score (nSPS) is 12.0. The van der Waals surface area contributed by atoms with Gasteiger partial charge >= 0.3 is 0 Å². The highest BCUT2D eigenvalue weighted by Gasteiger charge is 2.08. The van der Waals surface area contributed by atoms with Crippen LogP contribution in [-0.2, 0) is 16.2 Å². The van der Waals surface area contributed by atoms with Crippen molar-refractivity contribution in [3.8, 4) is 0 Å².